The first-order chi connectivity index (χ1) is 12.1. The first-order valence-corrected chi connectivity index (χ1v) is 8.06. The number of ether oxygens (including phenoxy) is 3. The highest BCUT2D eigenvalue weighted by Gasteiger charge is 2.23. The van der Waals surface area contributed by atoms with Gasteiger partial charge in [-0.2, -0.15) is 0 Å². The van der Waals surface area contributed by atoms with E-state index in [0.717, 1.165) is 6.42 Å². The minimum atomic E-state index is -0.587. The van der Waals surface area contributed by atoms with E-state index < -0.39 is 11.9 Å². The lowest BCUT2D eigenvalue weighted by Crippen LogP contribution is -2.35. The average molecular weight is 350 g/mol. The lowest BCUT2D eigenvalue weighted by atomic mass is 10.3. The molecular formula is C17H22N2O6. The lowest BCUT2D eigenvalue weighted by molar-refractivity contribution is -0.151. The van der Waals surface area contributed by atoms with Gasteiger partial charge in [0, 0.05) is 13.0 Å². The van der Waals surface area contributed by atoms with E-state index in [9.17, 15) is 14.4 Å². The van der Waals surface area contributed by atoms with Gasteiger partial charge in [0.05, 0.1) is 13.7 Å². The van der Waals surface area contributed by atoms with Gasteiger partial charge < -0.3 is 24.4 Å². The number of rotatable bonds is 9. The molecule has 8 nitrogen and oxygen atoms in total. The molecule has 1 aliphatic rings. The Morgan fingerprint density at radius 1 is 1.24 bits per heavy atom. The van der Waals surface area contributed by atoms with Crippen LogP contribution in [0.2, 0.25) is 0 Å². The molecule has 2 amide bonds. The van der Waals surface area contributed by atoms with E-state index in [-0.39, 0.29) is 32.2 Å². The van der Waals surface area contributed by atoms with Crippen molar-refractivity contribution in [2.24, 2.45) is 0 Å². The van der Waals surface area contributed by atoms with Crippen LogP contribution in [0.4, 0.5) is 0 Å². The molecule has 1 aromatic rings. The van der Waals surface area contributed by atoms with Crippen molar-refractivity contribution in [2.75, 3.05) is 40.0 Å². The Hall–Kier alpha value is -2.77. The van der Waals surface area contributed by atoms with Gasteiger partial charge in [-0.15, -0.1) is 0 Å². The molecule has 136 valence electrons. The molecule has 0 unspecified atom stereocenters. The van der Waals surface area contributed by atoms with E-state index in [2.05, 4.69) is 5.32 Å². The van der Waals surface area contributed by atoms with E-state index in [1.165, 1.54) is 4.90 Å². The molecule has 0 atom stereocenters. The van der Waals surface area contributed by atoms with Crippen LogP contribution in [0.25, 0.3) is 0 Å². The molecule has 1 aliphatic heterocycles. The van der Waals surface area contributed by atoms with Crippen molar-refractivity contribution in [1.29, 1.82) is 0 Å². The Bertz CT molecular complexity index is 619. The van der Waals surface area contributed by atoms with Crippen molar-refractivity contribution in [3.8, 4) is 11.5 Å². The van der Waals surface area contributed by atoms with Gasteiger partial charge in [0.25, 0.3) is 5.91 Å². The van der Waals surface area contributed by atoms with Crippen LogP contribution in [0, 0.1) is 0 Å². The van der Waals surface area contributed by atoms with Crippen LogP contribution < -0.4 is 14.8 Å². The summed E-state index contributed by atoms with van der Waals surface area (Å²) in [5, 5.41) is 2.59. The molecule has 1 N–H and O–H groups in total. The van der Waals surface area contributed by atoms with Gasteiger partial charge in [-0.25, -0.2) is 0 Å². The molecule has 25 heavy (non-hydrogen) atoms. The van der Waals surface area contributed by atoms with Crippen molar-refractivity contribution >= 4 is 17.8 Å². The van der Waals surface area contributed by atoms with Gasteiger partial charge in [-0.3, -0.25) is 14.4 Å². The third-order valence-electron chi connectivity index (χ3n) is 3.61. The minimum Gasteiger partial charge on any atom is -0.493 e. The topological polar surface area (TPSA) is 94.2 Å². The van der Waals surface area contributed by atoms with E-state index in [1.807, 2.05) is 12.1 Å². The van der Waals surface area contributed by atoms with Crippen LogP contribution >= 0.6 is 0 Å². The number of hydrogen-bond donors (Lipinski definition) is 1. The summed E-state index contributed by atoms with van der Waals surface area (Å²) >= 11 is 0. The fraction of sp³-hybridized carbons (Fsp3) is 0.471. The Labute approximate surface area is 146 Å². The molecule has 1 fully saturated rings. The lowest BCUT2D eigenvalue weighted by Gasteiger charge is -2.14. The van der Waals surface area contributed by atoms with Crippen molar-refractivity contribution in [3.05, 3.63) is 24.3 Å². The molecule has 1 saturated heterocycles. The zero-order chi connectivity index (χ0) is 18.1. The molecule has 2 rings (SSSR count). The van der Waals surface area contributed by atoms with Crippen molar-refractivity contribution < 1.29 is 28.6 Å². The second-order valence-electron chi connectivity index (χ2n) is 5.43. The zero-order valence-corrected chi connectivity index (χ0v) is 14.2. The molecule has 0 radical (unpaired) electrons. The zero-order valence-electron chi connectivity index (χ0n) is 14.2. The number of nitrogens with zero attached hydrogens (tertiary/aromatic N) is 1. The highest BCUT2D eigenvalue weighted by molar-refractivity contribution is 5.85. The summed E-state index contributed by atoms with van der Waals surface area (Å²) in [6, 6.07) is 7.19. The van der Waals surface area contributed by atoms with Gasteiger partial charge in [0.2, 0.25) is 5.91 Å². The summed E-state index contributed by atoms with van der Waals surface area (Å²) in [6.07, 6.45) is 1.21. The number of carbonyl (C=O) groups is 3. The normalized spacial score (nSPS) is 13.5. The monoisotopic (exact) mass is 350 g/mol. The quantitative estimate of drug-likeness (QED) is 0.510. The molecule has 0 saturated carbocycles. The van der Waals surface area contributed by atoms with E-state index in [0.29, 0.717) is 24.5 Å². The maximum absolute atomic E-state index is 11.6. The van der Waals surface area contributed by atoms with Gasteiger partial charge >= 0.3 is 5.97 Å². The number of hydrogen-bond acceptors (Lipinski definition) is 6. The van der Waals surface area contributed by atoms with Crippen LogP contribution in [-0.4, -0.2) is 62.6 Å². The summed E-state index contributed by atoms with van der Waals surface area (Å²) in [7, 11) is 1.55. The van der Waals surface area contributed by atoms with Gasteiger partial charge in [-0.1, -0.05) is 12.1 Å². The number of likely N-dealkylation sites (tertiary alicyclic amines) is 1. The summed E-state index contributed by atoms with van der Waals surface area (Å²) in [5.74, 6) is 0.121. The first-order valence-electron chi connectivity index (χ1n) is 8.06. The highest BCUT2D eigenvalue weighted by atomic mass is 16.5. The fourth-order valence-corrected chi connectivity index (χ4v) is 2.36. The summed E-state index contributed by atoms with van der Waals surface area (Å²) in [5.41, 5.74) is 0. The van der Waals surface area contributed by atoms with E-state index in [4.69, 9.17) is 14.2 Å². The van der Waals surface area contributed by atoms with Crippen molar-refractivity contribution in [1.82, 2.24) is 10.2 Å². The second kappa shape index (κ2) is 9.51. The third-order valence-corrected chi connectivity index (χ3v) is 3.61. The smallest absolute Gasteiger partial charge is 0.326 e. The summed E-state index contributed by atoms with van der Waals surface area (Å²) in [4.78, 5) is 36.1. The molecule has 8 heteroatoms. The Balaban J connectivity index is 1.59. The number of methoxy groups -OCH3 is 1. The summed E-state index contributed by atoms with van der Waals surface area (Å²) in [6.45, 7) is 0.584. The molecule has 1 heterocycles. The maximum Gasteiger partial charge on any atom is 0.326 e. The van der Waals surface area contributed by atoms with Crippen LogP contribution in [0.5, 0.6) is 11.5 Å². The highest BCUT2D eigenvalue weighted by Crippen LogP contribution is 2.25. The minimum absolute atomic E-state index is 0.0603. The van der Waals surface area contributed by atoms with Crippen LogP contribution in [-0.2, 0) is 19.1 Å². The Kier molecular flexibility index (Phi) is 7.06. The third kappa shape index (κ3) is 5.98. The number of para-hydroxylation sites is 2. The first kappa shape index (κ1) is 18.6. The second-order valence-corrected chi connectivity index (χ2v) is 5.43. The number of nitrogens with one attached hydrogen (secondary N) is 1. The van der Waals surface area contributed by atoms with Crippen LogP contribution in [0.1, 0.15) is 12.8 Å². The predicted molar refractivity (Wildman–Crippen MR) is 88.3 cm³/mol. The fourth-order valence-electron chi connectivity index (χ4n) is 2.36. The summed E-state index contributed by atoms with van der Waals surface area (Å²) < 4.78 is 15.5. The maximum atomic E-state index is 11.6. The van der Waals surface area contributed by atoms with E-state index >= 15 is 0 Å². The SMILES string of the molecule is COc1ccccc1OCCNC(=O)COC(=O)CN1CCCC1=O. The Morgan fingerprint density at radius 2 is 2.00 bits per heavy atom. The standard InChI is InChI=1S/C17H22N2O6/c1-23-13-5-2-3-6-14(13)24-10-8-18-15(20)12-25-17(22)11-19-9-4-7-16(19)21/h2-3,5-6H,4,7-12H2,1H3,(H,18,20). The molecule has 0 spiro atoms. The molecule has 0 aromatic heterocycles. The van der Waals surface area contributed by atoms with Gasteiger partial charge in [-0.05, 0) is 18.6 Å². The van der Waals surface area contributed by atoms with Crippen molar-refractivity contribution in [3.63, 3.8) is 0 Å². The molecular weight excluding hydrogens is 328 g/mol. The number of benzene rings is 1. The Morgan fingerprint density at radius 3 is 2.68 bits per heavy atom. The van der Waals surface area contributed by atoms with Crippen LogP contribution in [0.3, 0.4) is 0 Å². The number of esters is 1. The van der Waals surface area contributed by atoms with E-state index in [1.54, 1.807) is 19.2 Å². The number of carbonyl (C=O) groups excluding carboxylic acids is 3. The average Bonchev–Trinajstić information content (AvgIpc) is 3.02. The molecule has 1 aromatic carbocycles. The van der Waals surface area contributed by atoms with Crippen molar-refractivity contribution in [2.45, 2.75) is 12.8 Å². The molecule has 0 aliphatic carbocycles. The van der Waals surface area contributed by atoms with Crippen LogP contribution in [0.15, 0.2) is 24.3 Å². The predicted octanol–water partition coefficient (Wildman–Crippen LogP) is 0.356. The molecule has 0 bridgehead atoms. The van der Waals surface area contributed by atoms with Gasteiger partial charge in [0.1, 0.15) is 13.2 Å². The largest absolute Gasteiger partial charge is 0.493 e. The number of amides is 2. The van der Waals surface area contributed by atoms with Gasteiger partial charge in [0.15, 0.2) is 18.1 Å².